The van der Waals surface area contributed by atoms with Crippen molar-refractivity contribution < 1.29 is 18.0 Å². The highest BCUT2D eigenvalue weighted by Gasteiger charge is 2.52. The first-order chi connectivity index (χ1) is 11.9. The molecule has 2 aromatic carbocycles. The summed E-state index contributed by atoms with van der Waals surface area (Å²) >= 11 is 0. The van der Waals surface area contributed by atoms with E-state index in [4.69, 9.17) is 0 Å². The molecule has 1 amide bonds. The third kappa shape index (κ3) is 2.58. The van der Waals surface area contributed by atoms with Crippen LogP contribution in [0.4, 0.5) is 18.9 Å². The van der Waals surface area contributed by atoms with Crippen LogP contribution >= 0.6 is 0 Å². The molecule has 1 aromatic heterocycles. The van der Waals surface area contributed by atoms with Gasteiger partial charge in [0.05, 0.1) is 16.7 Å². The Kier molecular flexibility index (Phi) is 3.39. The molecule has 1 saturated carbocycles. The number of rotatable bonds is 3. The lowest BCUT2D eigenvalue weighted by atomic mass is 9.94. The molecule has 1 aliphatic carbocycles. The van der Waals surface area contributed by atoms with Crippen LogP contribution in [0.5, 0.6) is 0 Å². The topological polar surface area (TPSA) is 44.9 Å². The van der Waals surface area contributed by atoms with Crippen LogP contribution in [0.25, 0.3) is 10.9 Å². The maximum Gasteiger partial charge on any atom is 0.418 e. The quantitative estimate of drug-likeness (QED) is 0.700. The fourth-order valence-electron chi connectivity index (χ4n) is 3.29. The monoisotopic (exact) mass is 344 g/mol. The van der Waals surface area contributed by atoms with E-state index in [0.29, 0.717) is 12.8 Å². The molecule has 3 aromatic rings. The molecule has 0 aliphatic heterocycles. The van der Waals surface area contributed by atoms with E-state index in [2.05, 4.69) is 10.3 Å². The van der Waals surface area contributed by atoms with Crippen molar-refractivity contribution in [1.29, 1.82) is 0 Å². The normalized spacial score (nSPS) is 16.0. The molecule has 0 unspecified atom stereocenters. The van der Waals surface area contributed by atoms with Crippen molar-refractivity contribution >= 4 is 22.5 Å². The summed E-state index contributed by atoms with van der Waals surface area (Å²) in [5.41, 5.74) is -0.0558. The molecule has 1 aliphatic rings. The Hall–Kier alpha value is -2.76. The molecule has 3 nitrogen and oxygen atoms in total. The molecule has 1 fully saturated rings. The summed E-state index contributed by atoms with van der Waals surface area (Å²) in [6.45, 7) is 0. The van der Waals surface area contributed by atoms with Gasteiger partial charge >= 0.3 is 6.18 Å². The van der Waals surface area contributed by atoms with Gasteiger partial charge in [-0.2, -0.15) is 13.2 Å². The summed E-state index contributed by atoms with van der Waals surface area (Å²) in [7, 11) is 0. The summed E-state index contributed by atoms with van der Waals surface area (Å²) < 4.78 is 39.4. The largest absolute Gasteiger partial charge is 0.418 e. The van der Waals surface area contributed by atoms with Gasteiger partial charge < -0.3 is 10.3 Å². The zero-order valence-corrected chi connectivity index (χ0v) is 13.2. The van der Waals surface area contributed by atoms with Gasteiger partial charge in [0, 0.05) is 17.1 Å². The molecule has 0 radical (unpaired) electrons. The van der Waals surface area contributed by atoms with E-state index in [1.165, 1.54) is 18.2 Å². The average Bonchev–Trinajstić information content (AvgIpc) is 3.28. The number of anilines is 1. The van der Waals surface area contributed by atoms with Crippen molar-refractivity contribution in [3.8, 4) is 0 Å². The van der Waals surface area contributed by atoms with Crippen LogP contribution in [0.3, 0.4) is 0 Å². The molecule has 0 bridgehead atoms. The van der Waals surface area contributed by atoms with Gasteiger partial charge in [-0.15, -0.1) is 0 Å². The number of fused-ring (bicyclic) bond motifs is 1. The van der Waals surface area contributed by atoms with Gasteiger partial charge in [-0.1, -0.05) is 30.3 Å². The predicted molar refractivity (Wildman–Crippen MR) is 89.3 cm³/mol. The summed E-state index contributed by atoms with van der Waals surface area (Å²) in [6, 6.07) is 12.6. The zero-order valence-electron chi connectivity index (χ0n) is 13.2. The van der Waals surface area contributed by atoms with Crippen LogP contribution < -0.4 is 5.32 Å². The van der Waals surface area contributed by atoms with E-state index >= 15 is 0 Å². The number of aromatic amines is 1. The fraction of sp³-hybridized carbons (Fsp3) is 0.211. The molecule has 128 valence electrons. The lowest BCUT2D eigenvalue weighted by Gasteiger charge is -2.18. The Morgan fingerprint density at radius 1 is 1.04 bits per heavy atom. The number of nitrogens with one attached hydrogen (secondary N) is 2. The van der Waals surface area contributed by atoms with E-state index < -0.39 is 23.1 Å². The van der Waals surface area contributed by atoms with Crippen molar-refractivity contribution in [3.63, 3.8) is 0 Å². The van der Waals surface area contributed by atoms with Crippen LogP contribution in [0.1, 0.15) is 24.0 Å². The molecular weight excluding hydrogens is 329 g/mol. The Morgan fingerprint density at radius 2 is 1.72 bits per heavy atom. The Morgan fingerprint density at radius 3 is 2.44 bits per heavy atom. The first kappa shape index (κ1) is 15.7. The fourth-order valence-corrected chi connectivity index (χ4v) is 3.29. The number of benzene rings is 2. The van der Waals surface area contributed by atoms with E-state index in [0.717, 1.165) is 22.5 Å². The summed E-state index contributed by atoms with van der Waals surface area (Å²) in [5.74, 6) is -0.394. The minimum absolute atomic E-state index is 0.203. The number of para-hydroxylation sites is 2. The van der Waals surface area contributed by atoms with Crippen molar-refractivity contribution in [1.82, 2.24) is 4.98 Å². The Bertz CT molecular complexity index is 954. The molecule has 25 heavy (non-hydrogen) atoms. The van der Waals surface area contributed by atoms with E-state index in [1.54, 1.807) is 6.20 Å². The van der Waals surface area contributed by atoms with Crippen molar-refractivity contribution in [2.45, 2.75) is 24.4 Å². The number of hydrogen-bond acceptors (Lipinski definition) is 1. The molecular formula is C19H15F3N2O. The predicted octanol–water partition coefficient (Wildman–Crippen LogP) is 4.86. The highest BCUT2D eigenvalue weighted by atomic mass is 19.4. The van der Waals surface area contributed by atoms with Gasteiger partial charge in [-0.3, -0.25) is 4.79 Å². The number of halogens is 3. The number of carbonyl (C=O) groups is 1. The van der Waals surface area contributed by atoms with Gasteiger partial charge in [-0.05, 0) is 36.6 Å². The van der Waals surface area contributed by atoms with E-state index in [-0.39, 0.29) is 5.69 Å². The van der Waals surface area contributed by atoms with Gasteiger partial charge in [0.2, 0.25) is 5.91 Å². The summed E-state index contributed by atoms with van der Waals surface area (Å²) in [5, 5.41) is 3.43. The number of aromatic nitrogens is 1. The first-order valence-corrected chi connectivity index (χ1v) is 7.96. The van der Waals surface area contributed by atoms with Gasteiger partial charge in [0.15, 0.2) is 0 Å². The number of alkyl halides is 3. The maximum atomic E-state index is 13.1. The molecule has 2 N–H and O–H groups in total. The maximum absolute atomic E-state index is 13.1. The van der Waals surface area contributed by atoms with Crippen LogP contribution in [0.2, 0.25) is 0 Å². The van der Waals surface area contributed by atoms with Crippen molar-refractivity contribution in [2.24, 2.45) is 0 Å². The standard InChI is InChI=1S/C19H15F3N2O/c20-19(21,22)13-6-2-4-8-16(13)24-17(25)18(9-10-18)14-11-23-15-7-3-1-5-12(14)15/h1-8,11,23H,9-10H2,(H,24,25). The minimum Gasteiger partial charge on any atom is -0.361 e. The van der Waals surface area contributed by atoms with Crippen LogP contribution in [-0.2, 0) is 16.4 Å². The minimum atomic E-state index is -4.51. The zero-order chi connectivity index (χ0) is 17.7. The van der Waals surface area contributed by atoms with Gasteiger partial charge in [0.25, 0.3) is 0 Å². The van der Waals surface area contributed by atoms with Crippen molar-refractivity contribution in [2.75, 3.05) is 5.32 Å². The molecule has 4 rings (SSSR count). The molecule has 0 atom stereocenters. The average molecular weight is 344 g/mol. The van der Waals surface area contributed by atoms with Gasteiger partial charge in [0.1, 0.15) is 0 Å². The van der Waals surface area contributed by atoms with Crippen LogP contribution in [0, 0.1) is 0 Å². The highest BCUT2D eigenvalue weighted by Crippen LogP contribution is 2.51. The molecule has 1 heterocycles. The first-order valence-electron chi connectivity index (χ1n) is 7.96. The molecule has 0 saturated heterocycles. The number of hydrogen-bond donors (Lipinski definition) is 2. The Balaban J connectivity index is 1.69. The third-order valence-electron chi connectivity index (χ3n) is 4.77. The lowest BCUT2D eigenvalue weighted by Crippen LogP contribution is -2.28. The third-order valence-corrected chi connectivity index (χ3v) is 4.77. The summed E-state index contributed by atoms with van der Waals surface area (Å²) in [4.78, 5) is 16.0. The van der Waals surface area contributed by atoms with E-state index in [9.17, 15) is 18.0 Å². The second-order valence-corrected chi connectivity index (χ2v) is 6.33. The van der Waals surface area contributed by atoms with Crippen LogP contribution in [0.15, 0.2) is 54.7 Å². The van der Waals surface area contributed by atoms with E-state index in [1.807, 2.05) is 24.3 Å². The number of amides is 1. The van der Waals surface area contributed by atoms with Crippen molar-refractivity contribution in [3.05, 3.63) is 65.9 Å². The number of H-pyrrole nitrogens is 1. The van der Waals surface area contributed by atoms with Crippen LogP contribution in [-0.4, -0.2) is 10.9 Å². The molecule has 6 heteroatoms. The second-order valence-electron chi connectivity index (χ2n) is 6.33. The second kappa shape index (κ2) is 5.37. The molecule has 0 spiro atoms. The van der Waals surface area contributed by atoms with Gasteiger partial charge in [-0.25, -0.2) is 0 Å². The smallest absolute Gasteiger partial charge is 0.361 e. The lowest BCUT2D eigenvalue weighted by molar-refractivity contribution is -0.137. The SMILES string of the molecule is O=C(Nc1ccccc1C(F)(F)F)C1(c2c[nH]c3ccccc23)CC1. The Labute approximate surface area is 141 Å². The number of carbonyl (C=O) groups excluding carboxylic acids is 1. The summed E-state index contributed by atoms with van der Waals surface area (Å²) in [6.07, 6.45) is -1.49. The highest BCUT2D eigenvalue weighted by molar-refractivity contribution is 6.04.